The number of nitrogens with zero attached hydrogens (tertiary/aromatic N) is 4. The predicted molar refractivity (Wildman–Crippen MR) is 158 cm³/mol. The van der Waals surface area contributed by atoms with E-state index >= 15 is 0 Å². The molecule has 40 heavy (non-hydrogen) atoms. The monoisotopic (exact) mass is 531 g/mol. The van der Waals surface area contributed by atoms with Crippen LogP contribution in [0.1, 0.15) is 46.6 Å². The smallest absolute Gasteiger partial charge is 0.323 e. The van der Waals surface area contributed by atoms with E-state index < -0.39 is 0 Å². The van der Waals surface area contributed by atoms with Crippen LogP contribution in [0.5, 0.6) is 5.75 Å². The van der Waals surface area contributed by atoms with Crippen LogP contribution in [0.2, 0.25) is 0 Å². The third-order valence-electron chi connectivity index (χ3n) is 7.65. The number of aromatic nitrogens is 3. The first-order chi connectivity index (χ1) is 19.5. The fourth-order valence-corrected chi connectivity index (χ4v) is 5.54. The van der Waals surface area contributed by atoms with Gasteiger partial charge in [0.1, 0.15) is 11.6 Å². The van der Waals surface area contributed by atoms with Gasteiger partial charge in [0, 0.05) is 11.8 Å². The zero-order valence-corrected chi connectivity index (χ0v) is 23.3. The summed E-state index contributed by atoms with van der Waals surface area (Å²) < 4.78 is 9.74. The quantitative estimate of drug-likeness (QED) is 0.266. The number of para-hydroxylation sites is 1. The van der Waals surface area contributed by atoms with E-state index in [1.54, 1.807) is 7.11 Å². The summed E-state index contributed by atoms with van der Waals surface area (Å²) in [6.45, 7) is 6.54. The number of nitrogens with one attached hydrogen (secondary N) is 1. The van der Waals surface area contributed by atoms with Crippen LogP contribution in [0.4, 0.5) is 10.5 Å². The van der Waals surface area contributed by atoms with Gasteiger partial charge in [-0.2, -0.15) is 5.10 Å². The van der Waals surface area contributed by atoms with Crippen molar-refractivity contribution in [1.82, 2.24) is 19.2 Å². The summed E-state index contributed by atoms with van der Waals surface area (Å²) in [4.78, 5) is 16.2. The van der Waals surface area contributed by atoms with Crippen molar-refractivity contribution < 1.29 is 9.53 Å². The first kappa shape index (κ1) is 25.5. The molecule has 1 N–H and O–H groups in total. The number of rotatable bonds is 5. The second-order valence-corrected chi connectivity index (χ2v) is 10.2. The highest BCUT2D eigenvalue weighted by atomic mass is 16.5. The maximum atomic E-state index is 14.3. The number of hydrogen-bond acceptors (Lipinski definition) is 3. The number of urea groups is 1. The van der Waals surface area contributed by atoms with E-state index in [9.17, 15) is 4.79 Å². The third-order valence-corrected chi connectivity index (χ3v) is 7.65. The van der Waals surface area contributed by atoms with E-state index in [1.165, 1.54) is 5.56 Å². The molecular formula is C33H33N5O2. The van der Waals surface area contributed by atoms with Gasteiger partial charge in [-0.3, -0.25) is 0 Å². The van der Waals surface area contributed by atoms with Gasteiger partial charge in [0.15, 0.2) is 0 Å². The van der Waals surface area contributed by atoms with E-state index in [4.69, 9.17) is 9.84 Å². The Hall–Kier alpha value is -4.78. The van der Waals surface area contributed by atoms with Crippen molar-refractivity contribution in [2.45, 2.75) is 39.8 Å². The largest absolute Gasteiger partial charge is 0.495 e. The minimum atomic E-state index is -0.326. The number of amides is 2. The van der Waals surface area contributed by atoms with Crippen molar-refractivity contribution >= 4 is 11.7 Å². The molecule has 2 aromatic heterocycles. The standard InChI is InChI=1S/C33H33N5O2/c1-5-24-14-16-25(17-15-24)31-29-12-9-19-36(29)32-27(23(3)35-38(32)26-10-7-6-8-11-26)21-37(31)33(39)34-28-20-22(2)13-18-30(28)40-4/h6-20,31H,5,21H2,1-4H3,(H,34,39)/t31-/m1/s1. The lowest BCUT2D eigenvalue weighted by Gasteiger charge is -2.31. The lowest BCUT2D eigenvalue weighted by molar-refractivity contribution is 0.194. The number of carbonyl (C=O) groups is 1. The van der Waals surface area contributed by atoms with E-state index in [1.807, 2.05) is 65.9 Å². The highest BCUT2D eigenvalue weighted by molar-refractivity contribution is 5.92. The number of ether oxygens (including phenoxy) is 1. The molecule has 202 valence electrons. The Morgan fingerprint density at radius 1 is 1.00 bits per heavy atom. The van der Waals surface area contributed by atoms with Gasteiger partial charge in [0.2, 0.25) is 0 Å². The zero-order chi connectivity index (χ0) is 27.8. The lowest BCUT2D eigenvalue weighted by Crippen LogP contribution is -2.38. The summed E-state index contributed by atoms with van der Waals surface area (Å²) in [6.07, 6.45) is 3.02. The number of benzene rings is 3. The number of carbonyl (C=O) groups excluding carboxylic acids is 1. The Morgan fingerprint density at radius 3 is 2.50 bits per heavy atom. The van der Waals surface area contributed by atoms with Gasteiger partial charge in [-0.25, -0.2) is 9.48 Å². The topological polar surface area (TPSA) is 64.3 Å². The van der Waals surface area contributed by atoms with Crippen molar-refractivity contribution in [1.29, 1.82) is 0 Å². The minimum Gasteiger partial charge on any atom is -0.495 e. The molecule has 0 saturated heterocycles. The Morgan fingerprint density at radius 2 is 1.77 bits per heavy atom. The molecule has 1 aliphatic rings. The van der Waals surface area contributed by atoms with Crippen LogP contribution >= 0.6 is 0 Å². The summed E-state index contributed by atoms with van der Waals surface area (Å²) in [6, 6.07) is 28.1. The fourth-order valence-electron chi connectivity index (χ4n) is 5.54. The second-order valence-electron chi connectivity index (χ2n) is 10.2. The number of fused-ring (bicyclic) bond motifs is 3. The van der Waals surface area contributed by atoms with Crippen LogP contribution < -0.4 is 10.1 Å². The highest BCUT2D eigenvalue weighted by Gasteiger charge is 2.36. The number of methoxy groups -OCH3 is 1. The molecule has 1 atom stereocenters. The lowest BCUT2D eigenvalue weighted by atomic mass is 9.99. The van der Waals surface area contributed by atoms with Crippen LogP contribution in [0.15, 0.2) is 91.1 Å². The Kier molecular flexibility index (Phi) is 6.64. The molecular weight excluding hydrogens is 498 g/mol. The van der Waals surface area contributed by atoms with Crippen LogP contribution in [-0.4, -0.2) is 32.4 Å². The van der Waals surface area contributed by atoms with Gasteiger partial charge >= 0.3 is 6.03 Å². The van der Waals surface area contributed by atoms with Crippen LogP contribution in [0, 0.1) is 13.8 Å². The van der Waals surface area contributed by atoms with Crippen LogP contribution in [0.25, 0.3) is 11.5 Å². The van der Waals surface area contributed by atoms with Crippen LogP contribution in [0.3, 0.4) is 0 Å². The van der Waals surface area contributed by atoms with E-state index in [0.29, 0.717) is 18.0 Å². The maximum Gasteiger partial charge on any atom is 0.323 e. The average molecular weight is 532 g/mol. The Balaban J connectivity index is 1.53. The molecule has 3 heterocycles. The third kappa shape index (κ3) is 4.43. The predicted octanol–water partition coefficient (Wildman–Crippen LogP) is 6.99. The van der Waals surface area contributed by atoms with Gasteiger partial charge < -0.3 is 19.5 Å². The molecule has 6 rings (SSSR count). The van der Waals surface area contributed by atoms with Gasteiger partial charge in [-0.05, 0) is 73.4 Å². The molecule has 7 heteroatoms. The average Bonchev–Trinajstić information content (AvgIpc) is 3.54. The Bertz CT molecular complexity index is 1670. The molecule has 0 bridgehead atoms. The molecule has 0 spiro atoms. The van der Waals surface area contributed by atoms with Crippen molar-refractivity contribution in [3.63, 3.8) is 0 Å². The van der Waals surface area contributed by atoms with Gasteiger partial charge in [-0.15, -0.1) is 0 Å². The first-order valence-corrected chi connectivity index (χ1v) is 13.6. The number of hydrogen-bond donors (Lipinski definition) is 1. The summed E-state index contributed by atoms with van der Waals surface area (Å²) in [7, 11) is 1.62. The molecule has 2 amide bonds. The van der Waals surface area contributed by atoms with E-state index in [-0.39, 0.29) is 12.1 Å². The normalized spacial score (nSPS) is 14.3. The SMILES string of the molecule is CCc1ccc([C@@H]2c3cccn3-c3c(c(C)nn3-c3ccccc3)CN2C(=O)Nc2cc(C)ccc2OC)cc1. The molecule has 3 aromatic carbocycles. The summed E-state index contributed by atoms with van der Waals surface area (Å²) in [5, 5.41) is 8.10. The second kappa shape index (κ2) is 10.4. The first-order valence-electron chi connectivity index (χ1n) is 13.6. The highest BCUT2D eigenvalue weighted by Crippen LogP contribution is 2.39. The molecule has 0 unspecified atom stereocenters. The molecule has 0 radical (unpaired) electrons. The number of aryl methyl sites for hydroxylation is 3. The van der Waals surface area contributed by atoms with Crippen molar-refractivity contribution in [2.75, 3.05) is 12.4 Å². The molecule has 5 aromatic rings. The Labute approximate surface area is 234 Å². The molecule has 0 saturated carbocycles. The summed E-state index contributed by atoms with van der Waals surface area (Å²) >= 11 is 0. The van der Waals surface area contributed by atoms with Gasteiger partial charge in [-0.1, -0.05) is 55.5 Å². The van der Waals surface area contributed by atoms with Gasteiger partial charge in [0.05, 0.1) is 42.5 Å². The molecule has 0 aliphatic carbocycles. The summed E-state index contributed by atoms with van der Waals surface area (Å²) in [5.74, 6) is 1.57. The van der Waals surface area contributed by atoms with Crippen molar-refractivity contribution in [3.05, 3.63) is 125 Å². The van der Waals surface area contributed by atoms with Crippen molar-refractivity contribution in [3.8, 4) is 17.3 Å². The fraction of sp³-hybridized carbons (Fsp3) is 0.212. The van der Waals surface area contributed by atoms with E-state index in [2.05, 4.69) is 65.5 Å². The molecule has 0 fully saturated rings. The molecule has 1 aliphatic heterocycles. The summed E-state index contributed by atoms with van der Waals surface area (Å²) in [5.41, 5.74) is 7.83. The number of anilines is 1. The van der Waals surface area contributed by atoms with Gasteiger partial charge in [0.25, 0.3) is 0 Å². The zero-order valence-electron chi connectivity index (χ0n) is 23.3. The van der Waals surface area contributed by atoms with Crippen LogP contribution in [-0.2, 0) is 13.0 Å². The molecule has 7 nitrogen and oxygen atoms in total. The van der Waals surface area contributed by atoms with E-state index in [0.717, 1.165) is 46.0 Å². The minimum absolute atomic E-state index is 0.207. The maximum absolute atomic E-state index is 14.3. The van der Waals surface area contributed by atoms with Crippen molar-refractivity contribution in [2.24, 2.45) is 0 Å².